The highest BCUT2D eigenvalue weighted by molar-refractivity contribution is 7.09. The Kier molecular flexibility index (Phi) is 2.42. The van der Waals surface area contributed by atoms with Crippen molar-refractivity contribution in [1.82, 2.24) is 9.97 Å². The van der Waals surface area contributed by atoms with E-state index in [0.29, 0.717) is 0 Å². The van der Waals surface area contributed by atoms with Crippen molar-refractivity contribution in [3.05, 3.63) is 40.6 Å². The van der Waals surface area contributed by atoms with Gasteiger partial charge in [0, 0.05) is 23.7 Å². The zero-order chi connectivity index (χ0) is 9.10. The first kappa shape index (κ1) is 8.47. The first-order valence-corrected chi connectivity index (χ1v) is 5.01. The number of hydrogen-bond donors (Lipinski definition) is 2. The summed E-state index contributed by atoms with van der Waals surface area (Å²) in [6.07, 6.45) is 4.37. The molecular weight excluding hydrogens is 182 g/mol. The maximum atomic E-state index is 5.94. The van der Waals surface area contributed by atoms with Crippen LogP contribution in [-0.4, -0.2) is 9.97 Å². The molecule has 0 aliphatic carbocycles. The molecule has 13 heavy (non-hydrogen) atoms. The van der Waals surface area contributed by atoms with Crippen molar-refractivity contribution < 1.29 is 0 Å². The summed E-state index contributed by atoms with van der Waals surface area (Å²) in [7, 11) is 0. The highest BCUT2D eigenvalue weighted by Crippen LogP contribution is 2.16. The summed E-state index contributed by atoms with van der Waals surface area (Å²) in [6.45, 7) is 0. The van der Waals surface area contributed by atoms with Gasteiger partial charge < -0.3 is 10.7 Å². The molecule has 0 bridgehead atoms. The van der Waals surface area contributed by atoms with E-state index in [9.17, 15) is 0 Å². The predicted octanol–water partition coefficient (Wildman–Crippen LogP) is 1.71. The third-order valence-electron chi connectivity index (χ3n) is 1.87. The zero-order valence-corrected chi connectivity index (χ0v) is 7.92. The Morgan fingerprint density at radius 3 is 3.15 bits per heavy atom. The molecule has 0 saturated carbocycles. The second kappa shape index (κ2) is 3.72. The molecule has 2 heterocycles. The van der Waals surface area contributed by atoms with E-state index in [1.165, 1.54) is 4.88 Å². The Morgan fingerprint density at radius 1 is 1.62 bits per heavy atom. The molecule has 0 saturated heterocycles. The number of imidazole rings is 1. The molecule has 4 heteroatoms. The quantitative estimate of drug-likeness (QED) is 0.779. The minimum atomic E-state index is -0.0198. The molecular formula is C9H11N3S. The number of nitrogens with two attached hydrogens (primary N) is 1. The molecule has 2 aromatic heterocycles. The summed E-state index contributed by atoms with van der Waals surface area (Å²) in [5.41, 5.74) is 5.94. The van der Waals surface area contributed by atoms with Gasteiger partial charge in [0.15, 0.2) is 0 Å². The van der Waals surface area contributed by atoms with E-state index < -0.39 is 0 Å². The summed E-state index contributed by atoms with van der Waals surface area (Å²) in [5, 5.41) is 2.06. The third kappa shape index (κ3) is 1.96. The van der Waals surface area contributed by atoms with Gasteiger partial charge in [0.1, 0.15) is 5.82 Å². The minimum absolute atomic E-state index is 0.0198. The maximum Gasteiger partial charge on any atom is 0.123 e. The zero-order valence-electron chi connectivity index (χ0n) is 7.10. The lowest BCUT2D eigenvalue weighted by atomic mass is 10.2. The second-order valence-corrected chi connectivity index (χ2v) is 3.90. The molecule has 1 atom stereocenters. The van der Waals surface area contributed by atoms with E-state index in [2.05, 4.69) is 21.4 Å². The molecule has 0 spiro atoms. The molecule has 68 valence electrons. The number of aromatic nitrogens is 2. The van der Waals surface area contributed by atoms with Crippen molar-refractivity contribution in [3.8, 4) is 0 Å². The van der Waals surface area contributed by atoms with Gasteiger partial charge >= 0.3 is 0 Å². The van der Waals surface area contributed by atoms with E-state index in [4.69, 9.17) is 5.73 Å². The van der Waals surface area contributed by atoms with Crippen molar-refractivity contribution in [3.63, 3.8) is 0 Å². The fraction of sp³-hybridized carbons (Fsp3) is 0.222. The number of hydrogen-bond acceptors (Lipinski definition) is 3. The van der Waals surface area contributed by atoms with Crippen LogP contribution in [0.4, 0.5) is 0 Å². The van der Waals surface area contributed by atoms with Crippen LogP contribution < -0.4 is 5.73 Å². The molecule has 0 radical (unpaired) electrons. The largest absolute Gasteiger partial charge is 0.347 e. The van der Waals surface area contributed by atoms with Crippen molar-refractivity contribution in [1.29, 1.82) is 0 Å². The fourth-order valence-electron chi connectivity index (χ4n) is 1.22. The summed E-state index contributed by atoms with van der Waals surface area (Å²) < 4.78 is 0. The van der Waals surface area contributed by atoms with Crippen molar-refractivity contribution in [2.75, 3.05) is 0 Å². The standard InChI is InChI=1S/C9H11N3S/c10-8(9-11-3-4-12-9)6-7-2-1-5-13-7/h1-5,8H,6,10H2,(H,11,12). The first-order chi connectivity index (χ1) is 6.36. The maximum absolute atomic E-state index is 5.94. The van der Waals surface area contributed by atoms with E-state index >= 15 is 0 Å². The van der Waals surface area contributed by atoms with E-state index in [1.54, 1.807) is 23.7 Å². The van der Waals surface area contributed by atoms with Crippen molar-refractivity contribution in [2.45, 2.75) is 12.5 Å². The van der Waals surface area contributed by atoms with Crippen LogP contribution in [0, 0.1) is 0 Å². The summed E-state index contributed by atoms with van der Waals surface area (Å²) in [4.78, 5) is 8.43. The Balaban J connectivity index is 2.04. The van der Waals surface area contributed by atoms with E-state index in [-0.39, 0.29) is 6.04 Å². The molecule has 3 N–H and O–H groups in total. The highest BCUT2D eigenvalue weighted by Gasteiger charge is 2.08. The molecule has 0 amide bonds. The van der Waals surface area contributed by atoms with Gasteiger partial charge in [-0.05, 0) is 11.4 Å². The normalized spacial score (nSPS) is 13.0. The van der Waals surface area contributed by atoms with Gasteiger partial charge in [-0.3, -0.25) is 0 Å². The topological polar surface area (TPSA) is 54.7 Å². The van der Waals surface area contributed by atoms with Gasteiger partial charge in [-0.15, -0.1) is 11.3 Å². The second-order valence-electron chi connectivity index (χ2n) is 2.86. The highest BCUT2D eigenvalue weighted by atomic mass is 32.1. The van der Waals surface area contributed by atoms with Gasteiger partial charge in [0.2, 0.25) is 0 Å². The van der Waals surface area contributed by atoms with Gasteiger partial charge in [0.05, 0.1) is 6.04 Å². The van der Waals surface area contributed by atoms with Gasteiger partial charge in [0.25, 0.3) is 0 Å². The minimum Gasteiger partial charge on any atom is -0.347 e. The molecule has 2 rings (SSSR count). The molecule has 0 aliphatic heterocycles. The van der Waals surface area contributed by atoms with Crippen LogP contribution in [0.1, 0.15) is 16.7 Å². The summed E-state index contributed by atoms with van der Waals surface area (Å²) in [5.74, 6) is 0.855. The average Bonchev–Trinajstić information content (AvgIpc) is 2.74. The molecule has 2 aromatic rings. The number of aromatic amines is 1. The Bertz CT molecular complexity index is 339. The molecule has 3 nitrogen and oxygen atoms in total. The Labute approximate surface area is 80.6 Å². The van der Waals surface area contributed by atoms with Crippen LogP contribution in [0.25, 0.3) is 0 Å². The van der Waals surface area contributed by atoms with Crippen molar-refractivity contribution in [2.24, 2.45) is 5.73 Å². The average molecular weight is 193 g/mol. The monoisotopic (exact) mass is 193 g/mol. The molecule has 0 aliphatic rings. The molecule has 0 aromatic carbocycles. The van der Waals surface area contributed by atoms with Crippen LogP contribution in [0.15, 0.2) is 29.9 Å². The lowest BCUT2D eigenvalue weighted by molar-refractivity contribution is 0.684. The van der Waals surface area contributed by atoms with Gasteiger partial charge in [-0.25, -0.2) is 4.98 Å². The molecule has 0 fully saturated rings. The lowest BCUT2D eigenvalue weighted by Gasteiger charge is -2.05. The van der Waals surface area contributed by atoms with E-state index in [0.717, 1.165) is 12.2 Å². The number of rotatable bonds is 3. The fourth-order valence-corrected chi connectivity index (χ4v) is 1.99. The third-order valence-corrected chi connectivity index (χ3v) is 2.77. The first-order valence-electron chi connectivity index (χ1n) is 4.13. The van der Waals surface area contributed by atoms with Gasteiger partial charge in [-0.2, -0.15) is 0 Å². The van der Waals surface area contributed by atoms with Gasteiger partial charge in [-0.1, -0.05) is 6.07 Å². The Hall–Kier alpha value is -1.13. The van der Waals surface area contributed by atoms with Crippen LogP contribution in [0.3, 0.4) is 0 Å². The lowest BCUT2D eigenvalue weighted by Crippen LogP contribution is -2.14. The molecule has 1 unspecified atom stereocenters. The summed E-state index contributed by atoms with van der Waals surface area (Å²) in [6, 6.07) is 4.11. The van der Waals surface area contributed by atoms with Crippen LogP contribution in [0.2, 0.25) is 0 Å². The SMILES string of the molecule is NC(Cc1cccs1)c1ncc[nH]1. The Morgan fingerprint density at radius 2 is 2.54 bits per heavy atom. The predicted molar refractivity (Wildman–Crippen MR) is 53.5 cm³/mol. The smallest absolute Gasteiger partial charge is 0.123 e. The van der Waals surface area contributed by atoms with Crippen LogP contribution in [-0.2, 0) is 6.42 Å². The van der Waals surface area contributed by atoms with Crippen LogP contribution >= 0.6 is 11.3 Å². The number of thiophene rings is 1. The number of nitrogens with one attached hydrogen (secondary N) is 1. The van der Waals surface area contributed by atoms with Crippen molar-refractivity contribution >= 4 is 11.3 Å². The summed E-state index contributed by atoms with van der Waals surface area (Å²) >= 11 is 1.73. The van der Waals surface area contributed by atoms with Crippen LogP contribution in [0.5, 0.6) is 0 Å². The number of nitrogens with zero attached hydrogens (tertiary/aromatic N) is 1. The van der Waals surface area contributed by atoms with E-state index in [1.807, 2.05) is 6.07 Å². The number of H-pyrrole nitrogens is 1.